The number of unbranched alkanes of at least 4 members (excludes halogenated alkanes) is 4. The van der Waals surface area contributed by atoms with E-state index in [1.54, 1.807) is 22.7 Å². The molecule has 2 heterocycles. The zero-order chi connectivity index (χ0) is 32.4. The van der Waals surface area contributed by atoms with Gasteiger partial charge in [0.25, 0.3) is 0 Å². The van der Waals surface area contributed by atoms with Crippen LogP contribution in [0.25, 0.3) is 32.0 Å². The highest BCUT2D eigenvalue weighted by Gasteiger charge is 2.24. The van der Waals surface area contributed by atoms with Gasteiger partial charge in [-0.3, -0.25) is 0 Å². The normalized spacial score (nSPS) is 10.7. The Kier molecular flexibility index (Phi) is 14.8. The minimum Gasteiger partial charge on any atom is -0.493 e. The zero-order valence-corrected chi connectivity index (χ0v) is 28.5. The van der Waals surface area contributed by atoms with Crippen LogP contribution in [-0.2, 0) is 0 Å². The molecule has 0 spiro atoms. The summed E-state index contributed by atoms with van der Waals surface area (Å²) in [5.74, 6) is 3.28. The molecule has 0 aliphatic heterocycles. The Morgan fingerprint density at radius 3 is 1.04 bits per heavy atom. The average molecular weight is 655 g/mol. The molecule has 0 aliphatic carbocycles. The summed E-state index contributed by atoms with van der Waals surface area (Å²) in [5, 5.41) is 4.29. The molecule has 0 amide bonds. The third kappa shape index (κ3) is 9.51. The maximum atomic E-state index is 6.39. The number of benzene rings is 2. The number of hydrogen-bond donors (Lipinski definition) is 0. The number of ether oxygens (including phenoxy) is 4. The zero-order valence-electron chi connectivity index (χ0n) is 26.8. The molecule has 0 fully saturated rings. The van der Waals surface area contributed by atoms with Crippen molar-refractivity contribution in [3.05, 3.63) is 110 Å². The van der Waals surface area contributed by atoms with E-state index < -0.39 is 0 Å². The summed E-state index contributed by atoms with van der Waals surface area (Å²) in [6.45, 7) is 17.8. The first-order valence-corrected chi connectivity index (χ1v) is 17.9. The van der Waals surface area contributed by atoms with Crippen LogP contribution in [-0.4, -0.2) is 26.4 Å². The standard InChI is InChI=1S/C40H46O4S2/c1-5-9-13-25-41-33-19-17-20-34(42-26-14-10-6-2)37(33)31-23-29-45-39(31)40-32(24-30-46-40)38-35(43-27-15-11-7-3)21-18-22-36(38)44-28-16-12-8-4/h5-8,17-24,29-30H,1-4,9-16,25-28H2. The Labute approximate surface area is 283 Å². The number of rotatable bonds is 23. The first-order valence-electron chi connectivity index (χ1n) is 16.1. The minimum absolute atomic E-state index is 0.603. The molecule has 46 heavy (non-hydrogen) atoms. The van der Waals surface area contributed by atoms with Gasteiger partial charge in [0, 0.05) is 11.1 Å². The second kappa shape index (κ2) is 19.5. The summed E-state index contributed by atoms with van der Waals surface area (Å²) in [4.78, 5) is 2.31. The van der Waals surface area contributed by atoms with Gasteiger partial charge in [-0.05, 0) is 98.5 Å². The van der Waals surface area contributed by atoms with Crippen LogP contribution in [0.5, 0.6) is 23.0 Å². The van der Waals surface area contributed by atoms with E-state index in [-0.39, 0.29) is 0 Å². The number of hydrogen-bond acceptors (Lipinski definition) is 6. The molecule has 6 heteroatoms. The molecule has 0 aliphatic rings. The van der Waals surface area contributed by atoms with Crippen LogP contribution in [0.15, 0.2) is 110 Å². The van der Waals surface area contributed by atoms with Gasteiger partial charge in [-0.1, -0.05) is 36.4 Å². The van der Waals surface area contributed by atoms with Crippen LogP contribution in [0.4, 0.5) is 0 Å². The molecule has 2 aromatic heterocycles. The third-order valence-corrected chi connectivity index (χ3v) is 9.28. The number of allylic oxidation sites excluding steroid dienone is 4. The first-order chi connectivity index (χ1) is 22.7. The highest BCUT2D eigenvalue weighted by molar-refractivity contribution is 7.21. The fraction of sp³-hybridized carbons (Fsp3) is 0.300. The van der Waals surface area contributed by atoms with Crippen molar-refractivity contribution in [3.63, 3.8) is 0 Å². The van der Waals surface area contributed by atoms with E-state index in [0.29, 0.717) is 26.4 Å². The van der Waals surface area contributed by atoms with Gasteiger partial charge in [-0.2, -0.15) is 0 Å². The van der Waals surface area contributed by atoms with Crippen LogP contribution in [0.1, 0.15) is 51.4 Å². The summed E-state index contributed by atoms with van der Waals surface area (Å²) in [7, 11) is 0. The molecule has 0 bridgehead atoms. The van der Waals surface area contributed by atoms with E-state index in [0.717, 1.165) is 106 Å². The van der Waals surface area contributed by atoms with E-state index in [2.05, 4.69) is 49.2 Å². The molecule has 4 nitrogen and oxygen atoms in total. The largest absolute Gasteiger partial charge is 0.493 e. The van der Waals surface area contributed by atoms with Crippen molar-refractivity contribution >= 4 is 22.7 Å². The second-order valence-electron chi connectivity index (χ2n) is 10.7. The van der Waals surface area contributed by atoms with Crippen LogP contribution >= 0.6 is 22.7 Å². The van der Waals surface area contributed by atoms with Crippen LogP contribution in [0.2, 0.25) is 0 Å². The molecule has 0 atom stereocenters. The molecule has 2 aromatic carbocycles. The highest BCUT2D eigenvalue weighted by atomic mass is 32.1. The SMILES string of the molecule is C=CCCCOc1cccc(OCCCC=C)c1-c1ccsc1-c1sccc1-c1c(OCCCC=C)cccc1OCCCC=C. The van der Waals surface area contributed by atoms with Gasteiger partial charge in [-0.25, -0.2) is 0 Å². The van der Waals surface area contributed by atoms with Gasteiger partial charge >= 0.3 is 0 Å². The maximum Gasteiger partial charge on any atom is 0.130 e. The summed E-state index contributed by atoms with van der Waals surface area (Å²) >= 11 is 3.44. The van der Waals surface area contributed by atoms with E-state index in [1.807, 2.05) is 60.7 Å². The van der Waals surface area contributed by atoms with E-state index in [1.165, 1.54) is 0 Å². The summed E-state index contributed by atoms with van der Waals surface area (Å²) < 4.78 is 25.6. The van der Waals surface area contributed by atoms with Gasteiger partial charge in [0.1, 0.15) is 23.0 Å². The van der Waals surface area contributed by atoms with Crippen molar-refractivity contribution in [2.24, 2.45) is 0 Å². The predicted molar refractivity (Wildman–Crippen MR) is 198 cm³/mol. The maximum absolute atomic E-state index is 6.39. The Morgan fingerprint density at radius 1 is 0.457 bits per heavy atom. The van der Waals surface area contributed by atoms with Crippen molar-refractivity contribution < 1.29 is 18.9 Å². The fourth-order valence-corrected chi connectivity index (χ4v) is 7.03. The molecular formula is C40H46O4S2. The minimum atomic E-state index is 0.603. The molecular weight excluding hydrogens is 609 g/mol. The van der Waals surface area contributed by atoms with Gasteiger partial charge in [0.05, 0.1) is 47.3 Å². The lowest BCUT2D eigenvalue weighted by Gasteiger charge is -2.19. The summed E-state index contributed by atoms with van der Waals surface area (Å²) in [5.41, 5.74) is 4.13. The molecule has 0 saturated carbocycles. The molecule has 0 unspecified atom stereocenters. The Balaban J connectivity index is 1.78. The lowest BCUT2D eigenvalue weighted by atomic mass is 9.99. The average Bonchev–Trinajstić information content (AvgIpc) is 3.75. The Hall–Kier alpha value is -4.00. The smallest absolute Gasteiger partial charge is 0.130 e. The van der Waals surface area contributed by atoms with Crippen molar-refractivity contribution in [2.45, 2.75) is 51.4 Å². The molecule has 242 valence electrons. The molecule has 0 saturated heterocycles. The van der Waals surface area contributed by atoms with Crippen LogP contribution < -0.4 is 18.9 Å². The van der Waals surface area contributed by atoms with Gasteiger partial charge in [-0.15, -0.1) is 49.0 Å². The van der Waals surface area contributed by atoms with E-state index in [9.17, 15) is 0 Å². The van der Waals surface area contributed by atoms with E-state index in [4.69, 9.17) is 18.9 Å². The monoisotopic (exact) mass is 654 g/mol. The number of thiophene rings is 2. The molecule has 4 rings (SSSR count). The van der Waals surface area contributed by atoms with Crippen molar-refractivity contribution in [1.29, 1.82) is 0 Å². The van der Waals surface area contributed by atoms with Crippen LogP contribution in [0, 0.1) is 0 Å². The molecule has 4 aromatic rings. The summed E-state index contributed by atoms with van der Waals surface area (Å²) in [6, 6.07) is 16.5. The Morgan fingerprint density at radius 2 is 0.761 bits per heavy atom. The Bertz CT molecular complexity index is 1360. The van der Waals surface area contributed by atoms with E-state index >= 15 is 0 Å². The van der Waals surface area contributed by atoms with Crippen molar-refractivity contribution in [2.75, 3.05) is 26.4 Å². The lowest BCUT2D eigenvalue weighted by molar-refractivity contribution is 0.299. The molecule has 0 N–H and O–H groups in total. The van der Waals surface area contributed by atoms with Crippen molar-refractivity contribution in [1.82, 2.24) is 0 Å². The van der Waals surface area contributed by atoms with Gasteiger partial charge < -0.3 is 18.9 Å². The predicted octanol–water partition coefficient (Wildman–Crippen LogP) is 12.2. The van der Waals surface area contributed by atoms with Crippen LogP contribution in [0.3, 0.4) is 0 Å². The third-order valence-electron chi connectivity index (χ3n) is 7.29. The quantitative estimate of drug-likeness (QED) is 0.0589. The van der Waals surface area contributed by atoms with Crippen molar-refractivity contribution in [3.8, 4) is 55.0 Å². The second-order valence-corrected chi connectivity index (χ2v) is 12.5. The summed E-state index contributed by atoms with van der Waals surface area (Å²) in [6.07, 6.45) is 14.9. The molecule has 0 radical (unpaired) electrons. The van der Waals surface area contributed by atoms with Gasteiger partial charge in [0.15, 0.2) is 0 Å². The first kappa shape index (κ1) is 34.9. The highest BCUT2D eigenvalue weighted by Crippen LogP contribution is 2.52. The fourth-order valence-electron chi connectivity index (χ4n) is 5.04. The van der Waals surface area contributed by atoms with Gasteiger partial charge in [0.2, 0.25) is 0 Å². The lowest BCUT2D eigenvalue weighted by Crippen LogP contribution is -2.03. The topological polar surface area (TPSA) is 36.9 Å².